The molecule has 2 aliphatic carbocycles. The van der Waals surface area contributed by atoms with Crippen molar-refractivity contribution in [1.82, 2.24) is 0 Å². The predicted molar refractivity (Wildman–Crippen MR) is 81.3 cm³/mol. The molecule has 0 amide bonds. The van der Waals surface area contributed by atoms with Crippen LogP contribution in [0.25, 0.3) is 0 Å². The van der Waals surface area contributed by atoms with Crippen molar-refractivity contribution < 1.29 is 4.74 Å². The normalized spacial score (nSPS) is 30.5. The molecule has 2 heteroatoms. The molecule has 0 N–H and O–H groups in total. The third-order valence-electron chi connectivity index (χ3n) is 4.92. The zero-order valence-corrected chi connectivity index (χ0v) is 13.3. The van der Waals surface area contributed by atoms with Crippen LogP contribution >= 0.6 is 15.9 Å². The van der Waals surface area contributed by atoms with Gasteiger partial charge in [0.05, 0.1) is 6.10 Å². The van der Waals surface area contributed by atoms with Gasteiger partial charge in [-0.3, -0.25) is 0 Å². The maximum atomic E-state index is 6.00. The van der Waals surface area contributed by atoms with E-state index in [1.807, 2.05) is 0 Å². The Morgan fingerprint density at radius 2 is 1.44 bits per heavy atom. The molecule has 0 heterocycles. The van der Waals surface area contributed by atoms with Crippen molar-refractivity contribution in [2.45, 2.75) is 76.7 Å². The maximum absolute atomic E-state index is 6.00. The van der Waals surface area contributed by atoms with E-state index in [-0.39, 0.29) is 0 Å². The van der Waals surface area contributed by atoms with E-state index in [0.29, 0.717) is 6.10 Å². The number of rotatable bonds is 6. The molecule has 0 aromatic heterocycles. The van der Waals surface area contributed by atoms with Crippen molar-refractivity contribution in [1.29, 1.82) is 0 Å². The molecular weight excluding hydrogens is 288 g/mol. The fourth-order valence-corrected chi connectivity index (χ4v) is 4.18. The molecule has 0 spiro atoms. The van der Waals surface area contributed by atoms with E-state index in [2.05, 4.69) is 15.9 Å². The topological polar surface area (TPSA) is 9.23 Å². The van der Waals surface area contributed by atoms with E-state index >= 15 is 0 Å². The molecule has 106 valence electrons. The molecule has 0 aromatic carbocycles. The van der Waals surface area contributed by atoms with E-state index in [4.69, 9.17) is 4.74 Å². The Balaban J connectivity index is 1.58. The van der Waals surface area contributed by atoms with Gasteiger partial charge in [0, 0.05) is 11.9 Å². The molecule has 0 radical (unpaired) electrons. The van der Waals surface area contributed by atoms with Crippen LogP contribution in [0.15, 0.2) is 0 Å². The molecule has 18 heavy (non-hydrogen) atoms. The summed E-state index contributed by atoms with van der Waals surface area (Å²) in [6, 6.07) is 0. The summed E-state index contributed by atoms with van der Waals surface area (Å²) in [6.07, 6.45) is 16.1. The highest BCUT2D eigenvalue weighted by Crippen LogP contribution is 2.38. The van der Waals surface area contributed by atoms with E-state index in [9.17, 15) is 0 Å². The van der Waals surface area contributed by atoms with Crippen molar-refractivity contribution in [2.75, 3.05) is 11.9 Å². The zero-order chi connectivity index (χ0) is 12.6. The van der Waals surface area contributed by atoms with Crippen LogP contribution in [-0.2, 0) is 4.74 Å². The van der Waals surface area contributed by atoms with Gasteiger partial charge in [-0.2, -0.15) is 0 Å². The van der Waals surface area contributed by atoms with Crippen LogP contribution in [0.5, 0.6) is 0 Å². The van der Waals surface area contributed by atoms with Crippen LogP contribution in [0.2, 0.25) is 0 Å². The quantitative estimate of drug-likeness (QED) is 0.476. The Hall–Kier alpha value is 0.440. The summed E-state index contributed by atoms with van der Waals surface area (Å²) in [5.74, 6) is 2.10. The number of halogens is 1. The molecular formula is C16H29BrO. The summed E-state index contributed by atoms with van der Waals surface area (Å²) in [5, 5.41) is 1.12. The Morgan fingerprint density at radius 3 is 2.11 bits per heavy atom. The number of hydrogen-bond donors (Lipinski definition) is 0. The summed E-state index contributed by atoms with van der Waals surface area (Å²) < 4.78 is 6.00. The zero-order valence-electron chi connectivity index (χ0n) is 11.7. The fraction of sp³-hybridized carbons (Fsp3) is 1.00. The fourth-order valence-electron chi connectivity index (χ4n) is 3.78. The standard InChI is InChI=1S/C16H29BrO/c17-12-4-5-13-18-16-10-8-15(9-11-16)14-6-2-1-3-7-14/h14-16H,1-13H2. The van der Waals surface area contributed by atoms with Gasteiger partial charge in [0.25, 0.3) is 0 Å². The van der Waals surface area contributed by atoms with Crippen molar-refractivity contribution in [2.24, 2.45) is 11.8 Å². The largest absolute Gasteiger partial charge is 0.378 e. The van der Waals surface area contributed by atoms with Gasteiger partial charge < -0.3 is 4.74 Å². The average molecular weight is 317 g/mol. The van der Waals surface area contributed by atoms with Gasteiger partial charge in [0.2, 0.25) is 0 Å². The first-order valence-corrected chi connectivity index (χ1v) is 9.20. The lowest BCUT2D eigenvalue weighted by Crippen LogP contribution is -2.27. The van der Waals surface area contributed by atoms with Gasteiger partial charge in [-0.05, 0) is 50.4 Å². The van der Waals surface area contributed by atoms with Crippen molar-refractivity contribution >= 4 is 15.9 Å². The second-order valence-corrected chi connectivity index (χ2v) is 6.99. The molecule has 0 saturated heterocycles. The Bertz CT molecular complexity index is 205. The minimum Gasteiger partial charge on any atom is -0.378 e. The molecule has 1 nitrogen and oxygen atoms in total. The third-order valence-corrected chi connectivity index (χ3v) is 5.48. The SMILES string of the molecule is BrCCCCOC1CCC(C2CCCCC2)CC1. The van der Waals surface area contributed by atoms with Gasteiger partial charge in [-0.15, -0.1) is 0 Å². The van der Waals surface area contributed by atoms with Crippen molar-refractivity contribution in [3.8, 4) is 0 Å². The Kier molecular flexibility index (Phi) is 7.07. The second-order valence-electron chi connectivity index (χ2n) is 6.20. The summed E-state index contributed by atoms with van der Waals surface area (Å²) in [5.41, 5.74) is 0. The van der Waals surface area contributed by atoms with Gasteiger partial charge in [-0.25, -0.2) is 0 Å². The lowest BCUT2D eigenvalue weighted by atomic mass is 9.73. The lowest BCUT2D eigenvalue weighted by Gasteiger charge is -2.35. The highest BCUT2D eigenvalue weighted by atomic mass is 79.9. The average Bonchev–Trinajstić information content (AvgIpc) is 2.45. The van der Waals surface area contributed by atoms with Gasteiger partial charge in [0.15, 0.2) is 0 Å². The lowest BCUT2D eigenvalue weighted by molar-refractivity contribution is 0.00729. The van der Waals surface area contributed by atoms with Crippen molar-refractivity contribution in [3.05, 3.63) is 0 Å². The highest BCUT2D eigenvalue weighted by Gasteiger charge is 2.28. The van der Waals surface area contributed by atoms with Gasteiger partial charge >= 0.3 is 0 Å². The monoisotopic (exact) mass is 316 g/mol. The van der Waals surface area contributed by atoms with Crippen LogP contribution < -0.4 is 0 Å². The van der Waals surface area contributed by atoms with Crippen LogP contribution in [0, 0.1) is 11.8 Å². The third kappa shape index (κ3) is 4.85. The molecule has 0 unspecified atom stereocenters. The van der Waals surface area contributed by atoms with E-state index in [0.717, 1.165) is 23.8 Å². The number of unbranched alkanes of at least 4 members (excludes halogenated alkanes) is 1. The summed E-state index contributed by atoms with van der Waals surface area (Å²) in [4.78, 5) is 0. The van der Waals surface area contributed by atoms with E-state index in [1.54, 1.807) is 0 Å². The number of ether oxygens (including phenoxy) is 1. The highest BCUT2D eigenvalue weighted by molar-refractivity contribution is 9.09. The maximum Gasteiger partial charge on any atom is 0.0575 e. The Labute approximate surface area is 121 Å². The van der Waals surface area contributed by atoms with E-state index < -0.39 is 0 Å². The predicted octanol–water partition coefficient (Wildman–Crippen LogP) is 5.32. The number of hydrogen-bond acceptors (Lipinski definition) is 1. The first-order chi connectivity index (χ1) is 8.90. The molecule has 0 aromatic rings. The molecule has 2 aliphatic rings. The summed E-state index contributed by atoms with van der Waals surface area (Å²) in [6.45, 7) is 0.977. The first kappa shape index (κ1) is 14.8. The summed E-state index contributed by atoms with van der Waals surface area (Å²) in [7, 11) is 0. The Morgan fingerprint density at radius 1 is 0.778 bits per heavy atom. The van der Waals surface area contributed by atoms with Crippen LogP contribution in [0.4, 0.5) is 0 Å². The van der Waals surface area contributed by atoms with Crippen LogP contribution in [0.3, 0.4) is 0 Å². The van der Waals surface area contributed by atoms with Gasteiger partial charge in [-0.1, -0.05) is 48.0 Å². The molecule has 0 aliphatic heterocycles. The minimum absolute atomic E-state index is 0.583. The van der Waals surface area contributed by atoms with Crippen LogP contribution in [0.1, 0.15) is 70.6 Å². The van der Waals surface area contributed by atoms with Crippen molar-refractivity contribution in [3.63, 3.8) is 0 Å². The van der Waals surface area contributed by atoms with Gasteiger partial charge in [0.1, 0.15) is 0 Å². The number of alkyl halides is 1. The molecule has 2 rings (SSSR count). The molecule has 2 saturated carbocycles. The smallest absolute Gasteiger partial charge is 0.0575 e. The molecule has 0 bridgehead atoms. The first-order valence-electron chi connectivity index (χ1n) is 8.07. The van der Waals surface area contributed by atoms with Crippen LogP contribution in [-0.4, -0.2) is 18.0 Å². The van der Waals surface area contributed by atoms with E-state index in [1.165, 1.54) is 70.6 Å². The minimum atomic E-state index is 0.583. The molecule has 0 atom stereocenters. The second kappa shape index (κ2) is 8.58. The molecule has 2 fully saturated rings. The summed E-state index contributed by atoms with van der Waals surface area (Å²) >= 11 is 3.47.